The molecule has 5 N–H and O–H groups in total. The van der Waals surface area contributed by atoms with Crippen LogP contribution in [-0.2, 0) is 29.5 Å². The number of para-hydroxylation sites is 1. The summed E-state index contributed by atoms with van der Waals surface area (Å²) in [5, 5.41) is 6.66. The van der Waals surface area contributed by atoms with Gasteiger partial charge in [0.15, 0.2) is 23.0 Å². The molecule has 14 nitrogen and oxygen atoms in total. The lowest BCUT2D eigenvalue weighted by atomic mass is 9.98. The molecule has 0 aliphatic carbocycles. The van der Waals surface area contributed by atoms with E-state index in [0.29, 0.717) is 29.0 Å². The van der Waals surface area contributed by atoms with Crippen LogP contribution in [0.25, 0.3) is 10.9 Å². The maximum atomic E-state index is 13.6. The van der Waals surface area contributed by atoms with E-state index in [0.717, 1.165) is 60.4 Å². The minimum Gasteiger partial charge on any atom is -0.493 e. The van der Waals surface area contributed by atoms with Crippen molar-refractivity contribution in [3.05, 3.63) is 113 Å². The summed E-state index contributed by atoms with van der Waals surface area (Å²) in [6.07, 6.45) is 4.05. The Kier molecular flexibility index (Phi) is 13.9. The van der Waals surface area contributed by atoms with Crippen LogP contribution >= 0.6 is 0 Å². The molecule has 0 atom stereocenters. The van der Waals surface area contributed by atoms with Gasteiger partial charge in [-0.15, -0.1) is 0 Å². The SMILES string of the molecule is COc1cc2c(cc1OC)CN(CCc1ccc(NC(=O)c3cc(OC)c(OC)cc3NC(=O)c3cnc4ccccc4c3)cc1)CC2.CS(=O)(=O)O.O. The van der Waals surface area contributed by atoms with Gasteiger partial charge < -0.3 is 35.1 Å². The molecule has 2 heterocycles. The second-order valence-corrected chi connectivity index (χ2v) is 13.7. The van der Waals surface area contributed by atoms with E-state index in [1.54, 1.807) is 32.4 Å². The molecule has 0 spiro atoms. The number of fused-ring (bicyclic) bond motifs is 2. The Morgan fingerprint density at radius 3 is 2.04 bits per heavy atom. The molecular formula is C39H44N4O10S. The van der Waals surface area contributed by atoms with Crippen molar-refractivity contribution in [2.45, 2.75) is 19.4 Å². The van der Waals surface area contributed by atoms with Gasteiger partial charge in [-0.05, 0) is 72.0 Å². The maximum absolute atomic E-state index is 13.6. The third-order valence-corrected chi connectivity index (χ3v) is 8.59. The Labute approximate surface area is 314 Å². The van der Waals surface area contributed by atoms with Crippen molar-refractivity contribution in [2.75, 3.05) is 58.4 Å². The molecule has 2 amide bonds. The summed E-state index contributed by atoms with van der Waals surface area (Å²) in [7, 11) is 2.65. The van der Waals surface area contributed by atoms with Gasteiger partial charge in [0, 0.05) is 43.0 Å². The van der Waals surface area contributed by atoms with Gasteiger partial charge in [-0.25, -0.2) is 0 Å². The van der Waals surface area contributed by atoms with E-state index in [1.807, 2.05) is 48.5 Å². The lowest BCUT2D eigenvalue weighted by Crippen LogP contribution is -2.32. The van der Waals surface area contributed by atoms with Crippen molar-refractivity contribution in [2.24, 2.45) is 0 Å². The lowest BCUT2D eigenvalue weighted by molar-refractivity contribution is 0.102. The number of benzene rings is 4. The van der Waals surface area contributed by atoms with Crippen molar-refractivity contribution >= 4 is 44.2 Å². The third-order valence-electron chi connectivity index (χ3n) is 8.59. The number of hydrogen-bond acceptors (Lipinski definition) is 10. The van der Waals surface area contributed by atoms with Crippen LogP contribution in [0.2, 0.25) is 0 Å². The second kappa shape index (κ2) is 18.3. The lowest BCUT2D eigenvalue weighted by Gasteiger charge is -2.29. The molecule has 1 aromatic heterocycles. The van der Waals surface area contributed by atoms with Crippen molar-refractivity contribution in [1.82, 2.24) is 9.88 Å². The molecule has 0 radical (unpaired) electrons. The second-order valence-electron chi connectivity index (χ2n) is 12.3. The molecule has 1 aliphatic heterocycles. The Balaban J connectivity index is 0.00000102. The zero-order valence-corrected chi connectivity index (χ0v) is 31.5. The summed E-state index contributed by atoms with van der Waals surface area (Å²) < 4.78 is 47.8. The number of carbonyl (C=O) groups excluding carboxylic acids is 2. The zero-order chi connectivity index (χ0) is 38.1. The topological polar surface area (TPSA) is 197 Å². The van der Waals surface area contributed by atoms with E-state index >= 15 is 0 Å². The Morgan fingerprint density at radius 2 is 1.39 bits per heavy atom. The quantitative estimate of drug-likeness (QED) is 0.152. The monoisotopic (exact) mass is 760 g/mol. The molecule has 0 bridgehead atoms. The van der Waals surface area contributed by atoms with E-state index < -0.39 is 21.9 Å². The van der Waals surface area contributed by atoms with Crippen molar-refractivity contribution in [3.63, 3.8) is 0 Å². The number of nitrogens with zero attached hydrogens (tertiary/aromatic N) is 2. The third kappa shape index (κ3) is 10.7. The first-order valence-corrected chi connectivity index (χ1v) is 18.4. The van der Waals surface area contributed by atoms with Gasteiger partial charge in [0.1, 0.15) is 0 Å². The first-order valence-electron chi connectivity index (χ1n) is 16.6. The molecule has 0 saturated heterocycles. The van der Waals surface area contributed by atoms with Gasteiger partial charge in [0.25, 0.3) is 21.9 Å². The van der Waals surface area contributed by atoms with Crippen LogP contribution in [0, 0.1) is 0 Å². The number of rotatable bonds is 11. The highest BCUT2D eigenvalue weighted by Crippen LogP contribution is 2.35. The van der Waals surface area contributed by atoms with E-state index in [-0.39, 0.29) is 16.7 Å². The van der Waals surface area contributed by atoms with E-state index in [1.165, 1.54) is 31.5 Å². The molecule has 286 valence electrons. The van der Waals surface area contributed by atoms with Gasteiger partial charge in [-0.3, -0.25) is 24.0 Å². The fourth-order valence-electron chi connectivity index (χ4n) is 5.93. The highest BCUT2D eigenvalue weighted by molar-refractivity contribution is 7.85. The van der Waals surface area contributed by atoms with Gasteiger partial charge in [-0.1, -0.05) is 30.3 Å². The van der Waals surface area contributed by atoms with Gasteiger partial charge in [0.05, 0.1) is 57.0 Å². The molecule has 0 saturated carbocycles. The number of methoxy groups -OCH3 is 4. The zero-order valence-electron chi connectivity index (χ0n) is 30.6. The largest absolute Gasteiger partial charge is 0.493 e. The standard InChI is InChI=1S/C38H38N4O6.CH4O3S.H2O/c1-45-33-18-25-14-16-42(23-28(25)19-34(33)46-2)15-13-24-9-11-29(12-10-24)40-38(44)30-20-35(47-3)36(48-4)21-32(30)41-37(43)27-17-26-7-5-6-8-31(26)39-22-27;1-5(2,3)4;/h5-12,17-22H,13-16,23H2,1-4H3,(H,40,44)(H,41,43);1H3,(H,2,3,4);1H2. The minimum absolute atomic E-state index is 0. The molecule has 0 fully saturated rings. The highest BCUT2D eigenvalue weighted by Gasteiger charge is 2.21. The van der Waals surface area contributed by atoms with Crippen molar-refractivity contribution in [1.29, 1.82) is 0 Å². The van der Waals surface area contributed by atoms with Gasteiger partial charge >= 0.3 is 0 Å². The van der Waals surface area contributed by atoms with Crippen LogP contribution in [0.15, 0.2) is 85.1 Å². The molecule has 15 heteroatoms. The van der Waals surface area contributed by atoms with Crippen LogP contribution in [-0.4, -0.2) is 87.9 Å². The smallest absolute Gasteiger partial charge is 0.261 e. The first-order chi connectivity index (χ1) is 25.4. The molecule has 6 rings (SSSR count). The summed E-state index contributed by atoms with van der Waals surface area (Å²) in [6.45, 7) is 2.73. The fraction of sp³-hybridized carbons (Fsp3) is 0.256. The predicted octanol–water partition coefficient (Wildman–Crippen LogP) is 5.05. The number of anilines is 2. The summed E-state index contributed by atoms with van der Waals surface area (Å²) in [5.74, 6) is 1.44. The molecule has 0 unspecified atom stereocenters. The predicted molar refractivity (Wildman–Crippen MR) is 207 cm³/mol. The normalized spacial score (nSPS) is 12.3. The number of pyridine rings is 1. The maximum Gasteiger partial charge on any atom is 0.261 e. The molecule has 1 aliphatic rings. The Hall–Kier alpha value is -5.74. The van der Waals surface area contributed by atoms with E-state index in [2.05, 4.69) is 32.7 Å². The summed E-state index contributed by atoms with van der Waals surface area (Å²) in [6, 6.07) is 24.4. The Morgan fingerprint density at radius 1 is 0.796 bits per heavy atom. The van der Waals surface area contributed by atoms with E-state index in [9.17, 15) is 18.0 Å². The summed E-state index contributed by atoms with van der Waals surface area (Å²) in [4.78, 5) is 33.7. The molecule has 4 aromatic carbocycles. The molecular weight excluding hydrogens is 717 g/mol. The van der Waals surface area contributed by atoms with Crippen LogP contribution in [0.1, 0.15) is 37.4 Å². The number of carbonyl (C=O) groups is 2. The molecule has 5 aromatic rings. The van der Waals surface area contributed by atoms with Crippen LogP contribution in [0.4, 0.5) is 11.4 Å². The minimum atomic E-state index is -3.67. The highest BCUT2D eigenvalue weighted by atomic mass is 32.2. The number of hydrogen-bond donors (Lipinski definition) is 3. The van der Waals surface area contributed by atoms with Crippen molar-refractivity contribution in [3.8, 4) is 23.0 Å². The first kappa shape index (κ1) is 41.0. The Bertz CT molecular complexity index is 2200. The van der Waals surface area contributed by atoms with E-state index in [4.69, 9.17) is 23.5 Å². The number of ether oxygens (including phenoxy) is 4. The summed E-state index contributed by atoms with van der Waals surface area (Å²) >= 11 is 0. The van der Waals surface area contributed by atoms with Crippen molar-refractivity contribution < 1.29 is 47.0 Å². The molecule has 54 heavy (non-hydrogen) atoms. The average molecular weight is 761 g/mol. The number of amides is 2. The fourth-order valence-corrected chi connectivity index (χ4v) is 5.93. The summed E-state index contributed by atoms with van der Waals surface area (Å²) in [5.41, 5.74) is 5.99. The number of nitrogens with one attached hydrogen (secondary N) is 2. The van der Waals surface area contributed by atoms with Crippen LogP contribution < -0.4 is 29.6 Å². The van der Waals surface area contributed by atoms with Gasteiger partial charge in [0.2, 0.25) is 0 Å². The van der Waals surface area contributed by atoms with Crippen LogP contribution in [0.3, 0.4) is 0 Å². The number of aromatic nitrogens is 1. The van der Waals surface area contributed by atoms with Gasteiger partial charge in [-0.2, -0.15) is 8.42 Å². The average Bonchev–Trinajstić information content (AvgIpc) is 3.15. The van der Waals surface area contributed by atoms with Crippen LogP contribution in [0.5, 0.6) is 23.0 Å².